The maximum atomic E-state index is 12.7. The zero-order valence-corrected chi connectivity index (χ0v) is 17.2. The molecular formula is C17H12ClF3N4O3S2. The number of hydrogen-bond acceptors (Lipinski definition) is 6. The Morgan fingerprint density at radius 3 is 2.50 bits per heavy atom. The van der Waals surface area contributed by atoms with Crippen LogP contribution in [-0.4, -0.2) is 24.3 Å². The van der Waals surface area contributed by atoms with Crippen LogP contribution in [0.15, 0.2) is 53.0 Å². The molecule has 1 aromatic carbocycles. The van der Waals surface area contributed by atoms with E-state index in [1.165, 1.54) is 24.4 Å². The standard InChI is InChI=1S/C17H12ClF3N4O3S2/c18-13-7-10(1-3-12(13)17(19,20)21)8-24-15(26)14-4-2-11(9-23-14)30(27,28)25-16-22-5-6-29-16/h1-7,9H,8H2,(H,22,25)(H,24,26). The Kier molecular flexibility index (Phi) is 6.29. The van der Waals surface area contributed by atoms with Crippen LogP contribution in [0.4, 0.5) is 18.3 Å². The zero-order chi connectivity index (χ0) is 21.9. The van der Waals surface area contributed by atoms with Crippen LogP contribution in [0.25, 0.3) is 0 Å². The molecule has 158 valence electrons. The summed E-state index contributed by atoms with van der Waals surface area (Å²) in [5.41, 5.74) is -0.682. The molecule has 0 radical (unpaired) electrons. The zero-order valence-electron chi connectivity index (χ0n) is 14.8. The summed E-state index contributed by atoms with van der Waals surface area (Å²) in [6, 6.07) is 5.55. The summed E-state index contributed by atoms with van der Waals surface area (Å²) in [6.45, 7) is -0.0932. The Hall–Kier alpha value is -2.70. The van der Waals surface area contributed by atoms with Gasteiger partial charge >= 0.3 is 6.18 Å². The number of amides is 1. The topological polar surface area (TPSA) is 101 Å². The lowest BCUT2D eigenvalue weighted by Gasteiger charge is -2.11. The Bertz CT molecular complexity index is 1150. The third-order valence-electron chi connectivity index (χ3n) is 3.73. The summed E-state index contributed by atoms with van der Waals surface area (Å²) in [6.07, 6.45) is -2.11. The van der Waals surface area contributed by atoms with Gasteiger partial charge in [0.2, 0.25) is 0 Å². The molecule has 0 saturated heterocycles. The Morgan fingerprint density at radius 2 is 1.93 bits per heavy atom. The van der Waals surface area contributed by atoms with E-state index < -0.39 is 32.7 Å². The fraction of sp³-hybridized carbons (Fsp3) is 0.118. The van der Waals surface area contributed by atoms with Gasteiger partial charge in [-0.15, -0.1) is 11.3 Å². The van der Waals surface area contributed by atoms with Crippen molar-refractivity contribution >= 4 is 44.0 Å². The van der Waals surface area contributed by atoms with Gasteiger partial charge in [-0.2, -0.15) is 13.2 Å². The van der Waals surface area contributed by atoms with E-state index >= 15 is 0 Å². The van der Waals surface area contributed by atoms with Crippen molar-refractivity contribution in [1.29, 1.82) is 0 Å². The summed E-state index contributed by atoms with van der Waals surface area (Å²) >= 11 is 6.75. The molecule has 0 unspecified atom stereocenters. The lowest BCUT2D eigenvalue weighted by atomic mass is 10.1. The highest BCUT2D eigenvalue weighted by Gasteiger charge is 2.33. The van der Waals surface area contributed by atoms with Crippen LogP contribution in [0.5, 0.6) is 0 Å². The van der Waals surface area contributed by atoms with Crippen LogP contribution in [0.3, 0.4) is 0 Å². The summed E-state index contributed by atoms with van der Waals surface area (Å²) < 4.78 is 64.9. The predicted molar refractivity (Wildman–Crippen MR) is 105 cm³/mol. The first-order valence-corrected chi connectivity index (χ1v) is 10.8. The molecule has 0 bridgehead atoms. The van der Waals surface area contributed by atoms with Crippen LogP contribution in [0, 0.1) is 0 Å². The van der Waals surface area contributed by atoms with Crippen molar-refractivity contribution in [3.8, 4) is 0 Å². The molecular weight excluding hydrogens is 465 g/mol. The van der Waals surface area contributed by atoms with E-state index in [0.29, 0.717) is 5.56 Å². The van der Waals surface area contributed by atoms with Gasteiger partial charge in [-0.25, -0.2) is 18.4 Å². The first-order valence-electron chi connectivity index (χ1n) is 8.08. The van der Waals surface area contributed by atoms with Crippen LogP contribution < -0.4 is 10.0 Å². The Balaban J connectivity index is 1.64. The summed E-state index contributed by atoms with van der Waals surface area (Å²) in [5, 5.41) is 3.79. The molecule has 0 aliphatic heterocycles. The normalized spacial score (nSPS) is 11.9. The lowest BCUT2D eigenvalue weighted by Crippen LogP contribution is -2.24. The van der Waals surface area contributed by atoms with Gasteiger partial charge in [0.1, 0.15) is 10.6 Å². The monoisotopic (exact) mass is 476 g/mol. The van der Waals surface area contributed by atoms with E-state index in [9.17, 15) is 26.4 Å². The molecule has 0 aliphatic rings. The second-order valence-electron chi connectivity index (χ2n) is 5.82. The molecule has 0 saturated carbocycles. The van der Waals surface area contributed by atoms with Crippen molar-refractivity contribution in [2.45, 2.75) is 17.6 Å². The molecule has 13 heteroatoms. The van der Waals surface area contributed by atoms with Crippen molar-refractivity contribution in [2.24, 2.45) is 0 Å². The van der Waals surface area contributed by atoms with Crippen LogP contribution >= 0.6 is 22.9 Å². The molecule has 0 spiro atoms. The van der Waals surface area contributed by atoms with Gasteiger partial charge in [0.25, 0.3) is 15.9 Å². The SMILES string of the molecule is O=C(NCc1ccc(C(F)(F)F)c(Cl)c1)c1ccc(S(=O)(=O)Nc2nccs2)cn1. The number of halogens is 4. The van der Waals surface area contributed by atoms with E-state index in [1.807, 2.05) is 0 Å². The smallest absolute Gasteiger partial charge is 0.347 e. The summed E-state index contributed by atoms with van der Waals surface area (Å²) in [7, 11) is -3.90. The molecule has 2 heterocycles. The molecule has 0 atom stereocenters. The average Bonchev–Trinajstić information content (AvgIpc) is 3.17. The lowest BCUT2D eigenvalue weighted by molar-refractivity contribution is -0.137. The van der Waals surface area contributed by atoms with Crippen LogP contribution in [0.1, 0.15) is 21.6 Å². The van der Waals surface area contributed by atoms with Gasteiger partial charge in [-0.05, 0) is 29.8 Å². The first-order chi connectivity index (χ1) is 14.1. The maximum Gasteiger partial charge on any atom is 0.417 e. The van der Waals surface area contributed by atoms with Crippen molar-refractivity contribution in [3.05, 3.63) is 69.9 Å². The van der Waals surface area contributed by atoms with E-state index in [-0.39, 0.29) is 22.3 Å². The molecule has 3 aromatic rings. The van der Waals surface area contributed by atoms with Gasteiger partial charge in [0.15, 0.2) is 5.13 Å². The number of pyridine rings is 1. The molecule has 0 aliphatic carbocycles. The summed E-state index contributed by atoms with van der Waals surface area (Å²) in [4.78, 5) is 19.7. The van der Waals surface area contributed by atoms with E-state index in [2.05, 4.69) is 20.0 Å². The molecule has 30 heavy (non-hydrogen) atoms. The quantitative estimate of drug-likeness (QED) is 0.561. The molecule has 2 aromatic heterocycles. The fourth-order valence-electron chi connectivity index (χ4n) is 2.29. The van der Waals surface area contributed by atoms with Crippen molar-refractivity contribution in [1.82, 2.24) is 15.3 Å². The Morgan fingerprint density at radius 1 is 1.17 bits per heavy atom. The minimum atomic E-state index is -4.57. The number of carbonyl (C=O) groups excluding carboxylic acids is 1. The number of nitrogens with zero attached hydrogens (tertiary/aromatic N) is 2. The number of alkyl halides is 3. The third-order valence-corrected chi connectivity index (χ3v) is 6.18. The van der Waals surface area contributed by atoms with Gasteiger partial charge < -0.3 is 5.32 Å². The number of nitrogens with one attached hydrogen (secondary N) is 2. The van der Waals surface area contributed by atoms with Gasteiger partial charge in [0.05, 0.1) is 10.6 Å². The number of hydrogen-bond donors (Lipinski definition) is 2. The largest absolute Gasteiger partial charge is 0.417 e. The number of thiazole rings is 1. The second-order valence-corrected chi connectivity index (χ2v) is 8.80. The fourth-order valence-corrected chi connectivity index (χ4v) is 4.34. The van der Waals surface area contributed by atoms with E-state index in [4.69, 9.17) is 11.6 Å². The number of sulfonamides is 1. The van der Waals surface area contributed by atoms with Gasteiger partial charge in [-0.1, -0.05) is 17.7 Å². The van der Waals surface area contributed by atoms with Gasteiger partial charge in [-0.3, -0.25) is 9.52 Å². The average molecular weight is 477 g/mol. The molecule has 0 fully saturated rings. The first kappa shape index (κ1) is 22.0. The van der Waals surface area contributed by atoms with Crippen molar-refractivity contribution in [3.63, 3.8) is 0 Å². The van der Waals surface area contributed by atoms with Crippen molar-refractivity contribution in [2.75, 3.05) is 4.72 Å². The molecule has 3 rings (SSSR count). The third kappa shape index (κ3) is 5.26. The number of rotatable bonds is 6. The van der Waals surface area contributed by atoms with Crippen LogP contribution in [-0.2, 0) is 22.7 Å². The number of anilines is 1. The highest BCUT2D eigenvalue weighted by molar-refractivity contribution is 7.93. The number of aromatic nitrogens is 2. The minimum absolute atomic E-state index is 0.0683. The van der Waals surface area contributed by atoms with E-state index in [1.54, 1.807) is 5.38 Å². The second kappa shape index (κ2) is 8.58. The minimum Gasteiger partial charge on any atom is -0.347 e. The number of carbonyl (C=O) groups is 1. The van der Waals surface area contributed by atoms with Gasteiger partial charge in [0, 0.05) is 24.3 Å². The summed E-state index contributed by atoms with van der Waals surface area (Å²) in [5.74, 6) is -0.636. The molecule has 1 amide bonds. The molecule has 7 nitrogen and oxygen atoms in total. The highest BCUT2D eigenvalue weighted by Crippen LogP contribution is 2.34. The predicted octanol–water partition coefficient (Wildman–Crippen LogP) is 3.94. The maximum absolute atomic E-state index is 12.7. The molecule has 2 N–H and O–H groups in total. The van der Waals surface area contributed by atoms with Crippen LogP contribution in [0.2, 0.25) is 5.02 Å². The van der Waals surface area contributed by atoms with Crippen molar-refractivity contribution < 1.29 is 26.4 Å². The van der Waals surface area contributed by atoms with E-state index in [0.717, 1.165) is 29.7 Å². The Labute approximate surface area is 178 Å². The highest BCUT2D eigenvalue weighted by atomic mass is 35.5. The number of benzene rings is 1.